The molecule has 4 N–H and O–H groups in total. The van der Waals surface area contributed by atoms with Crippen molar-refractivity contribution in [3.8, 4) is 21.2 Å². The highest BCUT2D eigenvalue weighted by atomic mass is 32.1. The number of aliphatic hydroxyl groups excluding tert-OH is 1. The number of amides is 4. The van der Waals surface area contributed by atoms with Crippen LogP contribution < -0.4 is 20.7 Å². The topological polar surface area (TPSA) is 284 Å². The fraction of sp³-hybridized carbons (Fsp3) is 0.515. The van der Waals surface area contributed by atoms with E-state index in [4.69, 9.17) is 47.6 Å². The Hall–Kier alpha value is -7.37. The number of β-amino-alcohol motifs (C(OH)–C–C–N with tert-alkyl or cyclic N) is 1. The summed E-state index contributed by atoms with van der Waals surface area (Å²) >= 11 is 3.21. The summed E-state index contributed by atoms with van der Waals surface area (Å²) in [5, 5.41) is 29.2. The second-order valence-electron chi connectivity index (χ2n) is 23.9. The number of nitrogens with one attached hydrogen (secondary N) is 3. The number of benzene rings is 3. The Balaban J connectivity index is 0.589. The molecular formula is C68H89N9O15S2. The highest BCUT2D eigenvalue weighted by Crippen LogP contribution is 2.40. The lowest BCUT2D eigenvalue weighted by Gasteiger charge is -2.35. The molecule has 26 heteroatoms. The van der Waals surface area contributed by atoms with E-state index in [1.54, 1.807) is 22.7 Å². The number of hydrogen-bond acceptors (Lipinski definition) is 21. The van der Waals surface area contributed by atoms with Crippen LogP contribution in [-0.4, -0.2) is 196 Å². The van der Waals surface area contributed by atoms with Crippen molar-refractivity contribution in [2.24, 2.45) is 10.4 Å². The third kappa shape index (κ3) is 20.8. The number of carbonyl (C=O) groups excluding carboxylic acids is 5. The van der Waals surface area contributed by atoms with Crippen molar-refractivity contribution in [3.63, 3.8) is 0 Å². The Morgan fingerprint density at radius 1 is 0.713 bits per heavy atom. The summed E-state index contributed by atoms with van der Waals surface area (Å²) in [6, 6.07) is 20.3. The van der Waals surface area contributed by atoms with Gasteiger partial charge in [-0.25, -0.2) is 4.98 Å². The average Bonchev–Trinajstić information content (AvgIpc) is 1.59. The van der Waals surface area contributed by atoms with Gasteiger partial charge in [0.25, 0.3) is 0 Å². The molecule has 8 rings (SSSR count). The standard InChI is InChI=1S/C68H89N9O15S2/c1-43-46(4)94-67-60(43)61(72-55(39-59(81)84-9)64-75-74-47(5)77(64)67)50-17-19-52(20-18-50)71-57(79)23-12-48-10-21-54(22-11-48)92-37-36-90-33-32-88-29-28-86-25-24-85-26-27-87-30-31-89-34-35-91-41-58(80)73-63(68(6,7)8)66(83)76-40-53(78)38-56(76)65(82)70-44(2)49-13-15-51(16-14-49)62-45(3)69-42-93-62/h10-11,13-22,42,44,53,55-56,63,78H,12,23-41H2,1-9H3,(H,70,82)(H,71,79)(H,73,80)/t44-,53+,55-,56-,63+/m0/s1. The zero-order chi connectivity index (χ0) is 67.2. The number of carbonyl (C=O) groups is 5. The molecule has 0 unspecified atom stereocenters. The van der Waals surface area contributed by atoms with Crippen molar-refractivity contribution in [1.82, 2.24) is 35.3 Å². The number of methoxy groups -OCH3 is 1. The summed E-state index contributed by atoms with van der Waals surface area (Å²) in [5.41, 5.74) is 9.30. The number of fused-ring (bicyclic) bond motifs is 3. The van der Waals surface area contributed by atoms with E-state index in [1.165, 1.54) is 12.0 Å². The SMILES string of the molecule is COC(=O)C[C@@H]1N=C(c2ccc(NC(=O)CCc3ccc(OCCOCCOCCOCCOCCOCCOCCOCC(=O)N[C@H](C(=O)N4C[C@H](O)C[C@H]4C(=O)N[C@@H](C)c4ccc(-c5scnc5C)cc4)C(C)(C)C)cc3)cc2)c2c(sc(C)c2C)-n2c(C)nnc21. The van der Waals surface area contributed by atoms with Gasteiger partial charge < -0.3 is 68.6 Å². The average molecular weight is 1340 g/mol. The molecule has 5 atom stereocenters. The van der Waals surface area contributed by atoms with Crippen LogP contribution in [0.5, 0.6) is 5.75 Å². The Bertz CT molecular complexity index is 3460. The maximum absolute atomic E-state index is 14.0. The van der Waals surface area contributed by atoms with Gasteiger partial charge in [-0.15, -0.1) is 32.9 Å². The van der Waals surface area contributed by atoms with Crippen molar-refractivity contribution < 1.29 is 71.7 Å². The summed E-state index contributed by atoms with van der Waals surface area (Å²) < 4.78 is 51.9. The normalized spacial score (nSPS) is 16.0. The van der Waals surface area contributed by atoms with Crippen molar-refractivity contribution in [3.05, 3.63) is 128 Å². The van der Waals surface area contributed by atoms with Gasteiger partial charge in [-0.3, -0.25) is 33.5 Å². The summed E-state index contributed by atoms with van der Waals surface area (Å²) in [6.45, 7) is 20.1. The number of likely N-dealkylation sites (tertiary alicyclic amines) is 1. The molecule has 508 valence electrons. The number of esters is 1. The second-order valence-corrected chi connectivity index (χ2v) is 26.0. The third-order valence-corrected chi connectivity index (χ3v) is 18.0. The van der Waals surface area contributed by atoms with Gasteiger partial charge in [0.05, 0.1) is 133 Å². The molecule has 5 heterocycles. The molecule has 0 saturated carbocycles. The molecule has 3 aromatic carbocycles. The first kappa shape index (κ1) is 72.5. The number of aromatic nitrogens is 4. The monoisotopic (exact) mass is 1340 g/mol. The van der Waals surface area contributed by atoms with Gasteiger partial charge >= 0.3 is 5.97 Å². The number of aryl methyl sites for hydroxylation is 4. The molecule has 2 aliphatic rings. The van der Waals surface area contributed by atoms with Crippen LogP contribution in [0.2, 0.25) is 0 Å². The smallest absolute Gasteiger partial charge is 0.308 e. The van der Waals surface area contributed by atoms with Crippen LogP contribution in [0.4, 0.5) is 5.69 Å². The van der Waals surface area contributed by atoms with Gasteiger partial charge in [-0.05, 0) is 93.0 Å². The number of rotatable bonds is 37. The summed E-state index contributed by atoms with van der Waals surface area (Å²) in [7, 11) is 1.36. The number of anilines is 1. The van der Waals surface area contributed by atoms with E-state index >= 15 is 0 Å². The first-order valence-electron chi connectivity index (χ1n) is 31.7. The molecule has 0 aliphatic carbocycles. The minimum absolute atomic E-state index is 0.0168. The van der Waals surface area contributed by atoms with Crippen LogP contribution in [0.3, 0.4) is 0 Å². The fourth-order valence-electron chi connectivity index (χ4n) is 10.6. The molecule has 0 spiro atoms. The summed E-state index contributed by atoms with van der Waals surface area (Å²) in [4.78, 5) is 79.3. The predicted molar refractivity (Wildman–Crippen MR) is 356 cm³/mol. The van der Waals surface area contributed by atoms with Gasteiger partial charge in [0.1, 0.15) is 47.9 Å². The number of thiophene rings is 1. The molecule has 0 radical (unpaired) electrons. The number of ether oxygens (including phenoxy) is 9. The lowest BCUT2D eigenvalue weighted by molar-refractivity contribution is -0.144. The lowest BCUT2D eigenvalue weighted by Crippen LogP contribution is -2.58. The lowest BCUT2D eigenvalue weighted by atomic mass is 9.85. The molecule has 1 saturated heterocycles. The number of aliphatic imine (C=N–C) groups is 1. The van der Waals surface area contributed by atoms with Gasteiger partial charge in [0.15, 0.2) is 5.82 Å². The predicted octanol–water partition coefficient (Wildman–Crippen LogP) is 7.58. The Morgan fingerprint density at radius 3 is 1.87 bits per heavy atom. The van der Waals surface area contributed by atoms with Crippen molar-refractivity contribution in [1.29, 1.82) is 0 Å². The molecule has 24 nitrogen and oxygen atoms in total. The number of hydrogen-bond donors (Lipinski definition) is 4. The molecular weight excluding hydrogens is 1250 g/mol. The minimum atomic E-state index is -0.980. The first-order valence-corrected chi connectivity index (χ1v) is 33.4. The van der Waals surface area contributed by atoms with E-state index in [1.807, 2.05) is 124 Å². The van der Waals surface area contributed by atoms with Gasteiger partial charge in [-0.1, -0.05) is 69.3 Å². The minimum Gasteiger partial charge on any atom is -0.491 e. The molecule has 94 heavy (non-hydrogen) atoms. The highest BCUT2D eigenvalue weighted by molar-refractivity contribution is 7.15. The molecule has 1 fully saturated rings. The largest absolute Gasteiger partial charge is 0.491 e. The Kier molecular flexibility index (Phi) is 27.7. The van der Waals surface area contributed by atoms with Crippen LogP contribution in [0.25, 0.3) is 15.4 Å². The van der Waals surface area contributed by atoms with Crippen LogP contribution in [0, 0.1) is 33.1 Å². The fourth-order valence-corrected chi connectivity index (χ4v) is 12.7. The van der Waals surface area contributed by atoms with E-state index in [0.29, 0.717) is 115 Å². The number of thiazole rings is 1. The van der Waals surface area contributed by atoms with E-state index in [9.17, 15) is 29.1 Å². The number of nitrogens with zero attached hydrogens (tertiary/aromatic N) is 6. The zero-order valence-corrected chi connectivity index (χ0v) is 56.8. The van der Waals surface area contributed by atoms with Crippen LogP contribution in [-0.2, 0) is 68.3 Å². The molecule has 3 aromatic heterocycles. The quantitative estimate of drug-likeness (QED) is 0.0216. The highest BCUT2D eigenvalue weighted by Gasteiger charge is 2.45. The van der Waals surface area contributed by atoms with Gasteiger partial charge in [-0.2, -0.15) is 0 Å². The molecule has 4 amide bonds. The van der Waals surface area contributed by atoms with E-state index in [2.05, 4.69) is 45.0 Å². The molecule has 0 bridgehead atoms. The maximum atomic E-state index is 14.0. The molecule has 6 aromatic rings. The first-order chi connectivity index (χ1) is 45.3. The maximum Gasteiger partial charge on any atom is 0.308 e. The summed E-state index contributed by atoms with van der Waals surface area (Å²) in [6.07, 6.45) is 0.0605. The van der Waals surface area contributed by atoms with E-state index in [0.717, 1.165) is 59.5 Å². The van der Waals surface area contributed by atoms with E-state index in [-0.39, 0.29) is 57.1 Å². The van der Waals surface area contributed by atoms with Crippen LogP contribution in [0.15, 0.2) is 83.3 Å². The Labute approximate surface area is 557 Å². The van der Waals surface area contributed by atoms with Crippen molar-refractivity contribution >= 4 is 63.7 Å². The van der Waals surface area contributed by atoms with Crippen molar-refractivity contribution in [2.45, 2.75) is 111 Å². The van der Waals surface area contributed by atoms with Crippen LogP contribution in [0.1, 0.15) is 109 Å². The van der Waals surface area contributed by atoms with Crippen molar-refractivity contribution in [2.75, 3.05) is 118 Å². The van der Waals surface area contributed by atoms with E-state index < -0.39 is 47.4 Å². The van der Waals surface area contributed by atoms with Gasteiger partial charge in [0.2, 0.25) is 23.6 Å². The van der Waals surface area contributed by atoms with Crippen LogP contribution >= 0.6 is 22.7 Å². The Morgan fingerprint density at radius 2 is 1.30 bits per heavy atom. The third-order valence-electron chi connectivity index (χ3n) is 15.9. The van der Waals surface area contributed by atoms with Gasteiger partial charge in [0, 0.05) is 41.1 Å². The zero-order valence-electron chi connectivity index (χ0n) is 55.2. The molecule has 2 aliphatic heterocycles. The number of aliphatic hydroxyl groups is 1. The summed E-state index contributed by atoms with van der Waals surface area (Å²) in [5.74, 6) is 0.175. The second kappa shape index (κ2) is 35.9.